The third-order valence-electron chi connectivity index (χ3n) is 24.0. The van der Waals surface area contributed by atoms with Gasteiger partial charge in [-0.05, 0) is 198 Å². The van der Waals surface area contributed by atoms with Crippen LogP contribution < -0.4 is 43.1 Å². The number of aromatic nitrogens is 15. The molecule has 0 radical (unpaired) electrons. The van der Waals surface area contributed by atoms with Gasteiger partial charge in [-0.15, -0.1) is 15.3 Å². The van der Waals surface area contributed by atoms with Gasteiger partial charge in [-0.25, -0.2) is 68.4 Å². The average molecular weight is 1840 g/mol. The van der Waals surface area contributed by atoms with E-state index in [1.807, 2.05) is 24.8 Å². The fourth-order valence-corrected chi connectivity index (χ4v) is 21.4. The first-order chi connectivity index (χ1) is 56.2. The number of hydrogen-bond donors (Lipinski definition) is 3. The van der Waals surface area contributed by atoms with Gasteiger partial charge in [0, 0.05) is 106 Å². The molecule has 3 N–H and O–H groups in total. The van der Waals surface area contributed by atoms with Gasteiger partial charge in [0.1, 0.15) is 38.7 Å². The summed E-state index contributed by atoms with van der Waals surface area (Å²) in [4.78, 5) is 60.8. The summed E-state index contributed by atoms with van der Waals surface area (Å²) in [5, 5.41) is 25.6. The summed E-state index contributed by atoms with van der Waals surface area (Å²) in [7, 11) is -7.64. The topological polar surface area (TPSA) is 373 Å². The van der Waals surface area contributed by atoms with Crippen molar-refractivity contribution in [2.45, 2.75) is 207 Å². The second kappa shape index (κ2) is 34.8. The summed E-state index contributed by atoms with van der Waals surface area (Å²) in [6.45, 7) is 36.0. The highest BCUT2D eigenvalue weighted by atomic mass is 32.2. The number of anilines is 3. The number of fused-ring (bicyclic) bond motifs is 1. The Morgan fingerprint density at radius 1 is 0.484 bits per heavy atom. The van der Waals surface area contributed by atoms with Crippen LogP contribution in [-0.2, 0) is 51.2 Å². The molecular weight excluding hydrogens is 1720 g/mol. The lowest BCUT2D eigenvalue weighted by atomic mass is 9.94. The second-order valence-electron chi connectivity index (χ2n) is 37.2. The van der Waals surface area contributed by atoms with Crippen molar-refractivity contribution in [2.24, 2.45) is 66.5 Å². The van der Waals surface area contributed by atoms with Crippen molar-refractivity contribution in [3.8, 4) is 35.1 Å². The number of alkyl halides is 3. The van der Waals surface area contributed by atoms with Crippen LogP contribution in [0, 0.1) is 73.0 Å². The van der Waals surface area contributed by atoms with Gasteiger partial charge in [0.2, 0.25) is 17.6 Å². The average Bonchev–Trinajstić information content (AvgIpc) is 1.44. The van der Waals surface area contributed by atoms with Gasteiger partial charge >= 0.3 is 6.18 Å². The summed E-state index contributed by atoms with van der Waals surface area (Å²) in [6, 6.07) is 14.5. The highest BCUT2D eigenvalue weighted by Crippen LogP contribution is 2.92. The number of amides is 3. The molecule has 3 aliphatic heterocycles. The predicted octanol–water partition coefficient (Wildman–Crippen LogP) is 11.8. The molecule has 6 fully saturated rings. The lowest BCUT2D eigenvalue weighted by Crippen LogP contribution is -2.41. The van der Waals surface area contributed by atoms with Crippen LogP contribution in [0.15, 0.2) is 100 Å². The van der Waals surface area contributed by atoms with E-state index in [2.05, 4.69) is 124 Å². The number of halogens is 3. The largest absolute Gasteiger partial charge is 0.476 e. The van der Waals surface area contributed by atoms with Crippen molar-refractivity contribution in [2.75, 3.05) is 54.2 Å². The van der Waals surface area contributed by atoms with E-state index in [-0.39, 0.29) is 117 Å². The zero-order chi connectivity index (χ0) is 88.4. The fourth-order valence-electron chi connectivity index (χ4n) is 17.6. The molecule has 0 bridgehead atoms. The van der Waals surface area contributed by atoms with Gasteiger partial charge in [0.25, 0.3) is 47.8 Å². The number of aryl methyl sites for hydroxylation is 5. The summed E-state index contributed by atoms with van der Waals surface area (Å²) in [5.74, 6) is 2.69. The molecule has 3 saturated heterocycles. The molecule has 6 aliphatic rings. The minimum Gasteiger partial charge on any atom is -0.476 e. The molecule has 3 saturated carbocycles. The first-order valence-corrected chi connectivity index (χ1v) is 44.8. The Hall–Kier alpha value is -9.39. The highest BCUT2D eigenvalue weighted by molar-refractivity contribution is 7.90. The molecule has 12 heterocycles. The molecule has 15 rings (SSSR count). The van der Waals surface area contributed by atoms with E-state index in [4.69, 9.17) is 29.2 Å². The number of carbonyl (C=O) groups excluding carboxylic acids is 3. The van der Waals surface area contributed by atoms with Crippen molar-refractivity contribution < 1.29 is 67.0 Å². The number of rotatable bonds is 23. The fraction of sp³-hybridized carbons (Fsp3) is 0.561. The number of hydrogen-bond acceptors (Lipinski definition) is 24. The van der Waals surface area contributed by atoms with Crippen molar-refractivity contribution in [1.82, 2.24) is 87.8 Å². The van der Waals surface area contributed by atoms with Crippen LogP contribution in [0.5, 0.6) is 17.6 Å². The van der Waals surface area contributed by atoms with E-state index in [0.717, 1.165) is 33.1 Å². The molecule has 3 amide bonds. The van der Waals surface area contributed by atoms with Crippen LogP contribution in [0.25, 0.3) is 17.5 Å². The molecule has 0 unspecified atom stereocenters. The highest BCUT2D eigenvalue weighted by Gasteiger charge is 2.86. The molecule has 42 heteroatoms. The molecule has 9 aromatic rings. The second-order valence-corrected chi connectivity index (χ2v) is 42.1. The molecular formula is C82H116F3N21O12S6. The van der Waals surface area contributed by atoms with Crippen LogP contribution in [0.2, 0.25) is 0 Å². The van der Waals surface area contributed by atoms with Gasteiger partial charge in [0.05, 0.1) is 64.3 Å². The zero-order valence-electron chi connectivity index (χ0n) is 73.9. The Balaban J connectivity index is 0.000000192. The molecule has 124 heavy (non-hydrogen) atoms. The van der Waals surface area contributed by atoms with E-state index in [0.29, 0.717) is 114 Å². The smallest absolute Gasteiger partial charge is 0.397 e. The van der Waals surface area contributed by atoms with E-state index >= 15 is 0 Å². The number of carbonyl (C=O) groups is 3. The maximum Gasteiger partial charge on any atom is 0.397 e. The Labute approximate surface area is 743 Å². The van der Waals surface area contributed by atoms with Crippen molar-refractivity contribution in [1.29, 1.82) is 0 Å². The monoisotopic (exact) mass is 1840 g/mol. The van der Waals surface area contributed by atoms with Crippen molar-refractivity contribution in [3.63, 3.8) is 0 Å². The third kappa shape index (κ3) is 19.7. The summed E-state index contributed by atoms with van der Waals surface area (Å²) < 4.78 is 151. The van der Waals surface area contributed by atoms with Crippen LogP contribution in [0.3, 0.4) is 0 Å². The molecule has 3 aliphatic carbocycles. The number of nitrogens with zero attached hydrogens (tertiary/aromatic N) is 18. The summed E-state index contributed by atoms with van der Waals surface area (Å²) >= 11 is 0. The van der Waals surface area contributed by atoms with Crippen LogP contribution in [0.1, 0.15) is 196 Å². The molecule has 3 atom stereocenters. The number of sulfonamides is 3. The van der Waals surface area contributed by atoms with Crippen LogP contribution in [0.4, 0.5) is 30.6 Å². The van der Waals surface area contributed by atoms with Gasteiger partial charge in [-0.1, -0.05) is 41.5 Å². The standard InChI is InChI=1S/C29H37N7O4S.C27H36F3N7O4S.C26H37N7O4S.3H2S/c1-18-14-27(3,4)35(15-18)25-20(26(37)33-41(38,39)21-16-34(5)31-19(21)2)6-7-23(30-25)36-13-8-24(32-36)40-17-22-28(9-10-28)29(22)11-12-29;1-16-13-26(6,7)36(14-16)23-19(24(38)34-42(39,40)22-17(2)32-35(8)18(22)3)9-10-20(31-23)37-12-11-21(33-37)41-15-25(4,5)27(28,29)30;1-17-13-26(6,7)32(15-17)23-19(24(34)30-38(35,36)20-14-27-31(8)18(20)2)9-10-21(28-23)33-12-11-22(29-33)37-16-25(3,4)5;;;/h6-8,13,16,18,22H,9-12,14-15,17H2,1-5H3,(H,33,37);9-12,16H,13-15H2,1-8H3,(H,34,38);9-12,14,17H,13,15-16H2,1-8H3,(H,30,34);3*1H2/t18-;16-;17-;;;/m000.../s1. The van der Waals surface area contributed by atoms with E-state index in [1.165, 1.54) is 81.2 Å². The minimum absolute atomic E-state index is 0. The Morgan fingerprint density at radius 3 is 1.17 bits per heavy atom. The third-order valence-corrected chi connectivity index (χ3v) is 28.5. The van der Waals surface area contributed by atoms with E-state index < -0.39 is 71.5 Å². The van der Waals surface area contributed by atoms with Crippen molar-refractivity contribution >= 4 is 106 Å². The molecule has 9 aromatic heterocycles. The van der Waals surface area contributed by atoms with Gasteiger partial charge in [0.15, 0.2) is 17.5 Å². The number of nitrogens with one attached hydrogen (secondary N) is 3. The van der Waals surface area contributed by atoms with Crippen LogP contribution >= 0.6 is 40.5 Å². The van der Waals surface area contributed by atoms with E-state index in [1.54, 1.807) is 101 Å². The molecule has 678 valence electrons. The summed E-state index contributed by atoms with van der Waals surface area (Å²) in [6.07, 6.45) is 11.2. The Kier molecular flexibility index (Phi) is 27.1. The number of pyridine rings is 3. The van der Waals surface area contributed by atoms with Gasteiger partial charge in [-0.2, -0.15) is 69.0 Å². The first kappa shape index (κ1) is 96.8. The normalized spacial score (nSPS) is 19.0. The lowest BCUT2D eigenvalue weighted by Gasteiger charge is -2.34. The molecule has 0 aromatic carbocycles. The van der Waals surface area contributed by atoms with Gasteiger partial charge < -0.3 is 28.9 Å². The quantitative estimate of drug-likeness (QED) is 0.0535. The minimum atomic E-state index is -4.45. The lowest BCUT2D eigenvalue weighted by molar-refractivity contribution is -0.219. The van der Waals surface area contributed by atoms with Crippen LogP contribution in [-0.4, -0.2) is 179 Å². The zero-order valence-corrected chi connectivity index (χ0v) is 79.3. The Bertz CT molecular complexity index is 5840. The first-order valence-electron chi connectivity index (χ1n) is 40.4. The molecule has 2 spiro atoms. The molecule has 33 nitrogen and oxygen atoms in total. The number of ether oxygens (including phenoxy) is 3. The Morgan fingerprint density at radius 2 is 0.855 bits per heavy atom. The predicted molar refractivity (Wildman–Crippen MR) is 476 cm³/mol. The SMILES string of the molecule is Cc1c(S(=O)(=O)NC(=O)c2ccc(-n3ccc(OCC(C)(C)C)n3)nc2N2C[C@@H](C)CC2(C)C)cnn1C.Cc1nn(C)c(C)c1S(=O)(=O)NC(=O)c1ccc(-n2ccc(OCC(C)(C)C(F)(F)F)n2)nc1N1C[C@@H](C)CC1(C)C.Cc1nn(C)cc1S(=O)(=O)NC(=O)c1ccc(-n2ccc(OCC3C4(CC4)C34CC4)n2)nc1N1C[C@@H](C)CC1(C)C.S.S.S. The maximum absolute atomic E-state index is 13.5. The van der Waals surface area contributed by atoms with Crippen molar-refractivity contribution in [3.05, 3.63) is 125 Å². The maximum atomic E-state index is 13.5. The summed E-state index contributed by atoms with van der Waals surface area (Å²) in [5.41, 5.74) is -0.152. The van der Waals surface area contributed by atoms with E-state index in [9.17, 15) is 52.8 Å². The van der Waals surface area contributed by atoms with Gasteiger partial charge in [-0.3, -0.25) is 28.4 Å².